The van der Waals surface area contributed by atoms with Gasteiger partial charge in [-0.2, -0.15) is 0 Å². The van der Waals surface area contributed by atoms with Gasteiger partial charge in [-0.25, -0.2) is 8.42 Å². The van der Waals surface area contributed by atoms with E-state index in [0.717, 1.165) is 6.54 Å². The lowest BCUT2D eigenvalue weighted by Gasteiger charge is -2.16. The standard InChI is InChI=1S/C11H25NO2S/c1-5-6-10(2)9-12-11(3)7-8-15(4,13)14/h10-12H,5-9H2,1-4H3. The lowest BCUT2D eigenvalue weighted by atomic mass is 10.1. The molecule has 0 aliphatic heterocycles. The molecule has 2 atom stereocenters. The maximum absolute atomic E-state index is 10.9. The molecule has 0 spiro atoms. The SMILES string of the molecule is CCCC(C)CNC(C)CCS(C)(=O)=O. The van der Waals surface area contributed by atoms with E-state index in [2.05, 4.69) is 19.2 Å². The zero-order valence-electron chi connectivity index (χ0n) is 10.4. The van der Waals surface area contributed by atoms with E-state index in [1.165, 1.54) is 19.1 Å². The molecule has 92 valence electrons. The van der Waals surface area contributed by atoms with Gasteiger partial charge in [0.15, 0.2) is 0 Å². The molecule has 0 aromatic heterocycles. The first-order chi connectivity index (χ1) is 6.85. The van der Waals surface area contributed by atoms with Gasteiger partial charge in [-0.1, -0.05) is 20.3 Å². The Hall–Kier alpha value is -0.0900. The first-order valence-corrected chi connectivity index (χ1v) is 7.82. The highest BCUT2D eigenvalue weighted by Gasteiger charge is 2.08. The minimum Gasteiger partial charge on any atom is -0.314 e. The van der Waals surface area contributed by atoms with Crippen molar-refractivity contribution in [1.29, 1.82) is 0 Å². The van der Waals surface area contributed by atoms with Crippen LogP contribution in [0.5, 0.6) is 0 Å². The van der Waals surface area contributed by atoms with Crippen molar-refractivity contribution in [1.82, 2.24) is 5.32 Å². The van der Waals surface area contributed by atoms with Crippen LogP contribution in [0.1, 0.15) is 40.0 Å². The Balaban J connectivity index is 3.61. The summed E-state index contributed by atoms with van der Waals surface area (Å²) in [6.45, 7) is 7.44. The number of sulfone groups is 1. The molecule has 0 heterocycles. The van der Waals surface area contributed by atoms with Crippen LogP contribution in [0.2, 0.25) is 0 Å². The summed E-state index contributed by atoms with van der Waals surface area (Å²) in [5.41, 5.74) is 0. The van der Waals surface area contributed by atoms with E-state index >= 15 is 0 Å². The van der Waals surface area contributed by atoms with Crippen molar-refractivity contribution in [2.45, 2.75) is 46.1 Å². The van der Waals surface area contributed by atoms with E-state index in [9.17, 15) is 8.42 Å². The summed E-state index contributed by atoms with van der Waals surface area (Å²) in [5, 5.41) is 3.38. The van der Waals surface area contributed by atoms with Crippen LogP contribution in [-0.4, -0.2) is 33.0 Å². The molecule has 1 N–H and O–H groups in total. The molecule has 0 aliphatic carbocycles. The van der Waals surface area contributed by atoms with Crippen LogP contribution in [0.3, 0.4) is 0 Å². The van der Waals surface area contributed by atoms with Crippen LogP contribution in [0, 0.1) is 5.92 Å². The highest BCUT2D eigenvalue weighted by molar-refractivity contribution is 7.90. The molecule has 0 fully saturated rings. The van der Waals surface area contributed by atoms with Crippen LogP contribution >= 0.6 is 0 Å². The highest BCUT2D eigenvalue weighted by atomic mass is 32.2. The lowest BCUT2D eigenvalue weighted by molar-refractivity contribution is 0.432. The zero-order valence-corrected chi connectivity index (χ0v) is 11.2. The molecule has 0 rings (SSSR count). The summed E-state index contributed by atoms with van der Waals surface area (Å²) in [6.07, 6.45) is 4.43. The summed E-state index contributed by atoms with van der Waals surface area (Å²) in [4.78, 5) is 0. The van der Waals surface area contributed by atoms with Gasteiger partial charge < -0.3 is 5.32 Å². The van der Waals surface area contributed by atoms with Gasteiger partial charge >= 0.3 is 0 Å². The monoisotopic (exact) mass is 235 g/mol. The smallest absolute Gasteiger partial charge is 0.147 e. The average molecular weight is 235 g/mol. The Morgan fingerprint density at radius 3 is 2.27 bits per heavy atom. The number of rotatable bonds is 8. The Kier molecular flexibility index (Phi) is 7.18. The Morgan fingerprint density at radius 1 is 1.20 bits per heavy atom. The van der Waals surface area contributed by atoms with Crippen molar-refractivity contribution in [2.75, 3.05) is 18.6 Å². The average Bonchev–Trinajstić information content (AvgIpc) is 2.11. The summed E-state index contributed by atoms with van der Waals surface area (Å²) < 4.78 is 21.9. The van der Waals surface area contributed by atoms with Crippen molar-refractivity contribution in [3.63, 3.8) is 0 Å². The second kappa shape index (κ2) is 7.23. The normalized spacial score (nSPS) is 16.3. The second-order valence-corrected chi connectivity index (χ2v) is 6.88. The van der Waals surface area contributed by atoms with E-state index in [1.807, 2.05) is 6.92 Å². The molecule has 2 unspecified atom stereocenters. The molecule has 15 heavy (non-hydrogen) atoms. The molecule has 0 aromatic carbocycles. The molecule has 0 bridgehead atoms. The van der Waals surface area contributed by atoms with Crippen LogP contribution in [0.4, 0.5) is 0 Å². The van der Waals surface area contributed by atoms with E-state index in [4.69, 9.17) is 0 Å². The largest absolute Gasteiger partial charge is 0.314 e. The van der Waals surface area contributed by atoms with Crippen LogP contribution in [0.25, 0.3) is 0 Å². The van der Waals surface area contributed by atoms with E-state index in [1.54, 1.807) is 0 Å². The Morgan fingerprint density at radius 2 is 1.80 bits per heavy atom. The fraction of sp³-hybridized carbons (Fsp3) is 1.00. The van der Waals surface area contributed by atoms with Gasteiger partial charge in [-0.15, -0.1) is 0 Å². The molecule has 0 amide bonds. The Bertz CT molecular complexity index is 249. The van der Waals surface area contributed by atoms with Crippen LogP contribution in [-0.2, 0) is 9.84 Å². The molecule has 4 heteroatoms. The molecule has 3 nitrogen and oxygen atoms in total. The number of nitrogens with one attached hydrogen (secondary N) is 1. The highest BCUT2D eigenvalue weighted by Crippen LogP contribution is 2.04. The zero-order chi connectivity index (χ0) is 11.9. The minimum atomic E-state index is -2.81. The predicted octanol–water partition coefficient (Wildman–Crippen LogP) is 1.84. The van der Waals surface area contributed by atoms with Gasteiger partial charge in [0.1, 0.15) is 9.84 Å². The van der Waals surface area contributed by atoms with Crippen molar-refractivity contribution in [2.24, 2.45) is 5.92 Å². The first kappa shape index (κ1) is 14.9. The minimum absolute atomic E-state index is 0.281. The molecule has 0 radical (unpaired) electrons. The molecular formula is C11H25NO2S. The quantitative estimate of drug-likeness (QED) is 0.698. The summed E-state index contributed by atoms with van der Waals surface area (Å²) in [6, 6.07) is 0.291. The molecule has 0 saturated heterocycles. The molecule has 0 saturated carbocycles. The van der Waals surface area contributed by atoms with Crippen molar-refractivity contribution < 1.29 is 8.42 Å². The second-order valence-electron chi connectivity index (χ2n) is 4.62. The summed E-state index contributed by atoms with van der Waals surface area (Å²) >= 11 is 0. The fourth-order valence-corrected chi connectivity index (χ4v) is 2.27. The van der Waals surface area contributed by atoms with Crippen LogP contribution in [0.15, 0.2) is 0 Å². The fourth-order valence-electron chi connectivity index (χ4n) is 1.49. The van der Waals surface area contributed by atoms with Gasteiger partial charge in [0.2, 0.25) is 0 Å². The third-order valence-corrected chi connectivity index (χ3v) is 3.50. The van der Waals surface area contributed by atoms with Gasteiger partial charge in [0.05, 0.1) is 5.75 Å². The van der Waals surface area contributed by atoms with Gasteiger partial charge in [-0.3, -0.25) is 0 Å². The molecular weight excluding hydrogens is 210 g/mol. The maximum atomic E-state index is 10.9. The molecule has 0 aliphatic rings. The van der Waals surface area contributed by atoms with Crippen molar-refractivity contribution >= 4 is 9.84 Å². The summed E-state index contributed by atoms with van der Waals surface area (Å²) in [5.74, 6) is 0.958. The maximum Gasteiger partial charge on any atom is 0.147 e. The van der Waals surface area contributed by atoms with Gasteiger partial charge in [0, 0.05) is 12.3 Å². The van der Waals surface area contributed by atoms with Gasteiger partial charge in [0.25, 0.3) is 0 Å². The summed E-state index contributed by atoms with van der Waals surface area (Å²) in [7, 11) is -2.81. The van der Waals surface area contributed by atoms with Gasteiger partial charge in [-0.05, 0) is 32.2 Å². The lowest BCUT2D eigenvalue weighted by Crippen LogP contribution is -2.31. The Labute approximate surface area is 94.6 Å². The third-order valence-electron chi connectivity index (χ3n) is 2.52. The van der Waals surface area contributed by atoms with Crippen molar-refractivity contribution in [3.8, 4) is 0 Å². The van der Waals surface area contributed by atoms with E-state index in [0.29, 0.717) is 18.4 Å². The first-order valence-electron chi connectivity index (χ1n) is 5.76. The number of hydrogen-bond donors (Lipinski definition) is 1. The van der Waals surface area contributed by atoms with Crippen molar-refractivity contribution in [3.05, 3.63) is 0 Å². The van der Waals surface area contributed by atoms with E-state index < -0.39 is 9.84 Å². The van der Waals surface area contributed by atoms with Crippen LogP contribution < -0.4 is 5.32 Å². The predicted molar refractivity (Wildman–Crippen MR) is 65.9 cm³/mol. The topological polar surface area (TPSA) is 46.2 Å². The van der Waals surface area contributed by atoms with E-state index in [-0.39, 0.29) is 5.75 Å². The third kappa shape index (κ3) is 10.2. The molecule has 0 aromatic rings. The number of hydrogen-bond acceptors (Lipinski definition) is 3.